The van der Waals surface area contributed by atoms with Gasteiger partial charge in [-0.1, -0.05) is 36.4 Å². The lowest BCUT2D eigenvalue weighted by Crippen LogP contribution is -2.31. The highest BCUT2D eigenvalue weighted by atomic mass is 32.2. The van der Waals surface area contributed by atoms with Gasteiger partial charge in [0.2, 0.25) is 10.0 Å². The third-order valence-electron chi connectivity index (χ3n) is 4.29. The normalized spacial score (nSPS) is 19.0. The van der Waals surface area contributed by atoms with Crippen LogP contribution in [0, 0.1) is 6.92 Å². The van der Waals surface area contributed by atoms with E-state index in [4.69, 9.17) is 4.74 Å². The van der Waals surface area contributed by atoms with Crippen molar-refractivity contribution in [2.75, 3.05) is 13.7 Å². The van der Waals surface area contributed by atoms with E-state index in [-0.39, 0.29) is 10.9 Å². The van der Waals surface area contributed by atoms with Crippen LogP contribution in [0.3, 0.4) is 0 Å². The average molecular weight is 331 g/mol. The Bertz CT molecular complexity index is 787. The van der Waals surface area contributed by atoms with E-state index in [9.17, 15) is 8.42 Å². The minimum absolute atomic E-state index is 0.105. The fourth-order valence-corrected chi connectivity index (χ4v) is 5.07. The van der Waals surface area contributed by atoms with Gasteiger partial charge in [-0.15, -0.1) is 0 Å². The first-order valence-electron chi connectivity index (χ1n) is 7.75. The van der Waals surface area contributed by atoms with Gasteiger partial charge in [0.25, 0.3) is 0 Å². The highest BCUT2D eigenvalue weighted by molar-refractivity contribution is 7.89. The van der Waals surface area contributed by atoms with Crippen molar-refractivity contribution in [2.24, 2.45) is 0 Å². The Kier molecular flexibility index (Phi) is 4.41. The van der Waals surface area contributed by atoms with Gasteiger partial charge < -0.3 is 4.74 Å². The Hall–Kier alpha value is -1.85. The summed E-state index contributed by atoms with van der Waals surface area (Å²) in [5.74, 6) is 0.398. The van der Waals surface area contributed by atoms with Crippen molar-refractivity contribution >= 4 is 10.0 Å². The van der Waals surface area contributed by atoms with Gasteiger partial charge in [0.05, 0.1) is 13.2 Å². The quantitative estimate of drug-likeness (QED) is 0.861. The van der Waals surface area contributed by atoms with Gasteiger partial charge in [-0.25, -0.2) is 8.42 Å². The molecule has 0 aromatic heterocycles. The van der Waals surface area contributed by atoms with Gasteiger partial charge in [-0.05, 0) is 43.0 Å². The molecular formula is C18H21NO3S. The maximum Gasteiger partial charge on any atom is 0.247 e. The van der Waals surface area contributed by atoms with E-state index in [2.05, 4.69) is 0 Å². The summed E-state index contributed by atoms with van der Waals surface area (Å²) >= 11 is 0. The molecule has 5 heteroatoms. The molecule has 0 N–H and O–H groups in total. The number of benzene rings is 2. The first-order valence-corrected chi connectivity index (χ1v) is 9.19. The number of aryl methyl sites for hydroxylation is 1. The maximum atomic E-state index is 13.2. The summed E-state index contributed by atoms with van der Waals surface area (Å²) in [5.41, 5.74) is 1.94. The van der Waals surface area contributed by atoms with E-state index < -0.39 is 10.0 Å². The van der Waals surface area contributed by atoms with Gasteiger partial charge in [-0.2, -0.15) is 4.31 Å². The summed E-state index contributed by atoms with van der Waals surface area (Å²) in [4.78, 5) is 0.253. The van der Waals surface area contributed by atoms with E-state index in [0.29, 0.717) is 12.3 Å². The summed E-state index contributed by atoms with van der Waals surface area (Å²) < 4.78 is 33.3. The maximum absolute atomic E-state index is 13.2. The summed E-state index contributed by atoms with van der Waals surface area (Å²) in [5, 5.41) is 0. The van der Waals surface area contributed by atoms with Crippen LogP contribution in [0.2, 0.25) is 0 Å². The molecule has 0 spiro atoms. The molecule has 0 radical (unpaired) electrons. The number of sulfonamides is 1. The second-order valence-electron chi connectivity index (χ2n) is 5.84. The number of nitrogens with zero attached hydrogens (tertiary/aromatic N) is 1. The van der Waals surface area contributed by atoms with Gasteiger partial charge in [0.15, 0.2) is 0 Å². The summed E-state index contributed by atoms with van der Waals surface area (Å²) in [7, 11) is -2.09. The van der Waals surface area contributed by atoms with Crippen LogP contribution in [-0.2, 0) is 10.0 Å². The van der Waals surface area contributed by atoms with Crippen molar-refractivity contribution in [1.29, 1.82) is 0 Å². The molecule has 0 saturated carbocycles. The lowest BCUT2D eigenvalue weighted by atomic mass is 10.1. The zero-order valence-electron chi connectivity index (χ0n) is 13.4. The molecule has 1 fully saturated rings. The molecule has 0 bridgehead atoms. The smallest absolute Gasteiger partial charge is 0.247 e. The van der Waals surface area contributed by atoms with Gasteiger partial charge >= 0.3 is 0 Å². The SMILES string of the molecule is COc1ccc(C)cc1S(=O)(=O)N1CCCC1c1ccccc1. The fraction of sp³-hybridized carbons (Fsp3) is 0.333. The molecule has 2 aromatic rings. The minimum atomic E-state index is -3.59. The number of rotatable bonds is 4. The van der Waals surface area contributed by atoms with Gasteiger partial charge in [0.1, 0.15) is 10.6 Å². The molecule has 0 amide bonds. The molecule has 1 aliphatic heterocycles. The Labute approximate surface area is 137 Å². The van der Waals surface area contributed by atoms with Gasteiger partial charge in [0, 0.05) is 6.54 Å². The zero-order chi connectivity index (χ0) is 16.4. The summed E-state index contributed by atoms with van der Waals surface area (Å²) in [6.45, 7) is 2.43. The summed E-state index contributed by atoms with van der Waals surface area (Å²) in [6.07, 6.45) is 1.71. The molecule has 2 aromatic carbocycles. The van der Waals surface area contributed by atoms with E-state index >= 15 is 0 Å². The lowest BCUT2D eigenvalue weighted by molar-refractivity contribution is 0.381. The van der Waals surface area contributed by atoms with E-state index in [0.717, 1.165) is 24.0 Å². The van der Waals surface area contributed by atoms with Crippen LogP contribution in [0.1, 0.15) is 30.0 Å². The predicted octanol–water partition coefficient (Wildman–Crippen LogP) is 3.53. The summed E-state index contributed by atoms with van der Waals surface area (Å²) in [6, 6.07) is 15.0. The molecule has 3 rings (SSSR count). The Balaban J connectivity index is 2.04. The minimum Gasteiger partial charge on any atom is -0.495 e. The van der Waals surface area contributed by atoms with Crippen LogP contribution in [0.25, 0.3) is 0 Å². The molecule has 122 valence electrons. The number of hydrogen-bond acceptors (Lipinski definition) is 3. The fourth-order valence-electron chi connectivity index (χ4n) is 3.15. The van der Waals surface area contributed by atoms with Gasteiger partial charge in [-0.3, -0.25) is 0 Å². The van der Waals surface area contributed by atoms with Crippen molar-refractivity contribution < 1.29 is 13.2 Å². The standard InChI is InChI=1S/C18H21NO3S/c1-14-10-11-17(22-2)18(13-14)23(20,21)19-12-6-9-16(19)15-7-4-3-5-8-15/h3-5,7-8,10-11,13,16H,6,9,12H2,1-2H3. The third-order valence-corrected chi connectivity index (χ3v) is 6.22. The van der Waals surface area contributed by atoms with E-state index in [1.807, 2.05) is 43.3 Å². The zero-order valence-corrected chi connectivity index (χ0v) is 14.2. The third kappa shape index (κ3) is 2.99. The molecule has 23 heavy (non-hydrogen) atoms. The van der Waals surface area contributed by atoms with Crippen LogP contribution in [0.4, 0.5) is 0 Å². The molecule has 1 heterocycles. The lowest BCUT2D eigenvalue weighted by Gasteiger charge is -2.25. The second kappa shape index (κ2) is 6.34. The molecule has 4 nitrogen and oxygen atoms in total. The number of ether oxygens (including phenoxy) is 1. The van der Waals surface area contributed by atoms with Crippen molar-refractivity contribution in [3.8, 4) is 5.75 Å². The van der Waals surface area contributed by atoms with E-state index in [1.54, 1.807) is 16.4 Å². The van der Waals surface area contributed by atoms with Crippen LogP contribution in [-0.4, -0.2) is 26.4 Å². The highest BCUT2D eigenvalue weighted by Crippen LogP contribution is 2.38. The second-order valence-corrected chi connectivity index (χ2v) is 7.70. The first kappa shape index (κ1) is 16.0. The molecule has 1 atom stereocenters. The first-order chi connectivity index (χ1) is 11.0. The van der Waals surface area contributed by atoms with Crippen LogP contribution >= 0.6 is 0 Å². The molecule has 1 unspecified atom stereocenters. The Morgan fingerprint density at radius 3 is 2.57 bits per heavy atom. The van der Waals surface area contributed by atoms with Crippen LogP contribution in [0.5, 0.6) is 5.75 Å². The monoisotopic (exact) mass is 331 g/mol. The van der Waals surface area contributed by atoms with Crippen molar-refractivity contribution in [3.05, 3.63) is 59.7 Å². The van der Waals surface area contributed by atoms with Crippen molar-refractivity contribution in [3.63, 3.8) is 0 Å². The van der Waals surface area contributed by atoms with E-state index in [1.165, 1.54) is 7.11 Å². The van der Waals surface area contributed by atoms with Crippen molar-refractivity contribution in [1.82, 2.24) is 4.31 Å². The molecule has 1 aliphatic rings. The predicted molar refractivity (Wildman–Crippen MR) is 90.0 cm³/mol. The highest BCUT2D eigenvalue weighted by Gasteiger charge is 2.37. The van der Waals surface area contributed by atoms with Crippen LogP contribution in [0.15, 0.2) is 53.4 Å². The average Bonchev–Trinajstić information content (AvgIpc) is 3.06. The number of methoxy groups -OCH3 is 1. The molecule has 1 saturated heterocycles. The van der Waals surface area contributed by atoms with Crippen LogP contribution < -0.4 is 4.74 Å². The van der Waals surface area contributed by atoms with Crippen molar-refractivity contribution in [2.45, 2.75) is 30.7 Å². The molecule has 0 aliphatic carbocycles. The number of hydrogen-bond donors (Lipinski definition) is 0. The Morgan fingerprint density at radius 2 is 1.87 bits per heavy atom. The Morgan fingerprint density at radius 1 is 1.13 bits per heavy atom. The molecular weight excluding hydrogens is 310 g/mol. The topological polar surface area (TPSA) is 46.6 Å². The largest absolute Gasteiger partial charge is 0.495 e.